The Morgan fingerprint density at radius 2 is 1.90 bits per heavy atom. The number of fused-ring (bicyclic) bond motifs is 1. The van der Waals surface area contributed by atoms with Crippen LogP contribution in [0.25, 0.3) is 0 Å². The van der Waals surface area contributed by atoms with Gasteiger partial charge in [-0.1, -0.05) is 0 Å². The molecule has 2 saturated heterocycles. The van der Waals surface area contributed by atoms with E-state index in [2.05, 4.69) is 26.7 Å². The minimum Gasteiger partial charge on any atom is -0.462 e. The van der Waals surface area contributed by atoms with Crippen LogP contribution in [0, 0.1) is 0 Å². The Morgan fingerprint density at radius 1 is 1.25 bits per heavy atom. The van der Waals surface area contributed by atoms with Crippen molar-refractivity contribution in [2.45, 2.75) is 32.5 Å². The molecule has 3 rings (SSSR count). The summed E-state index contributed by atoms with van der Waals surface area (Å²) in [5.74, 6) is 0. The Morgan fingerprint density at radius 3 is 2.25 bits per heavy atom. The second kappa shape index (κ2) is 5.71. The quantitative estimate of drug-likeness (QED) is 0.506. The molecular formula is C15H23N3O2. The highest BCUT2D eigenvalue weighted by Crippen LogP contribution is 2.32. The predicted molar refractivity (Wildman–Crippen MR) is 80.5 cm³/mol. The zero-order valence-corrected chi connectivity index (χ0v) is 12.4. The van der Waals surface area contributed by atoms with Gasteiger partial charge in [0.05, 0.1) is 6.17 Å². The molecule has 2 aliphatic rings. The second-order valence-electron chi connectivity index (χ2n) is 6.09. The monoisotopic (exact) mass is 277 g/mol. The predicted octanol–water partition coefficient (Wildman–Crippen LogP) is 1.69. The highest BCUT2D eigenvalue weighted by Gasteiger charge is 2.44. The van der Waals surface area contributed by atoms with Crippen molar-refractivity contribution in [3.05, 3.63) is 24.3 Å². The fourth-order valence-corrected chi connectivity index (χ4v) is 2.20. The summed E-state index contributed by atoms with van der Waals surface area (Å²) in [5.41, 5.74) is 7.47. The lowest BCUT2D eigenvalue weighted by Gasteiger charge is -2.18. The van der Waals surface area contributed by atoms with Gasteiger partial charge in [-0.3, -0.25) is 9.69 Å². The summed E-state index contributed by atoms with van der Waals surface area (Å²) in [4.78, 5) is 14.5. The highest BCUT2D eigenvalue weighted by atomic mass is 16.5. The molecule has 2 fully saturated rings. The molecule has 0 aromatic heterocycles. The van der Waals surface area contributed by atoms with Gasteiger partial charge >= 0.3 is 0 Å². The first-order valence-corrected chi connectivity index (χ1v) is 6.88. The highest BCUT2D eigenvalue weighted by molar-refractivity contribution is 5.55. The molecule has 2 aliphatic heterocycles. The number of nitrogens with zero attached hydrogens (tertiary/aromatic N) is 2. The van der Waals surface area contributed by atoms with Crippen molar-refractivity contribution >= 4 is 17.8 Å². The van der Waals surface area contributed by atoms with E-state index in [4.69, 9.17) is 5.73 Å². The minimum absolute atomic E-state index is 0.318. The van der Waals surface area contributed by atoms with Crippen LogP contribution >= 0.6 is 0 Å². The van der Waals surface area contributed by atoms with Gasteiger partial charge in [0, 0.05) is 31.0 Å². The van der Waals surface area contributed by atoms with Gasteiger partial charge in [0.15, 0.2) is 0 Å². The van der Waals surface area contributed by atoms with E-state index in [1.54, 1.807) is 0 Å². The van der Waals surface area contributed by atoms with Crippen LogP contribution in [0.4, 0.5) is 11.4 Å². The van der Waals surface area contributed by atoms with Crippen LogP contribution in [0.15, 0.2) is 24.3 Å². The molecule has 2 heterocycles. The number of benzene rings is 1. The van der Waals surface area contributed by atoms with E-state index in [1.165, 1.54) is 18.8 Å². The first-order chi connectivity index (χ1) is 9.40. The molecule has 110 valence electrons. The zero-order valence-electron chi connectivity index (χ0n) is 12.4. The minimum atomic E-state index is -0.318. The van der Waals surface area contributed by atoms with Crippen molar-refractivity contribution in [3.8, 4) is 0 Å². The molecule has 5 heteroatoms. The number of piperazine rings is 1. The van der Waals surface area contributed by atoms with Crippen molar-refractivity contribution in [2.24, 2.45) is 0 Å². The van der Waals surface area contributed by atoms with Gasteiger partial charge in [-0.15, -0.1) is 0 Å². The average Bonchev–Trinajstić information content (AvgIpc) is 3.02. The standard InChI is InChI=1S/C10H13N3.C5H10O2/c11-8-1-3-9(4-2-8)13-6-5-12-7-10(12)13;1-5(2,3)7-4-6/h1-4,10H,5-7,11H2;4H,1-3H3. The smallest absolute Gasteiger partial charge is 0.293 e. The molecule has 5 nitrogen and oxygen atoms in total. The zero-order chi connectivity index (χ0) is 14.8. The maximum absolute atomic E-state index is 9.60. The Balaban J connectivity index is 0.000000182. The number of carbonyl (C=O) groups excluding carboxylic acids is 1. The van der Waals surface area contributed by atoms with Gasteiger partial charge in [-0.05, 0) is 45.0 Å². The number of rotatable bonds is 2. The molecule has 1 aromatic rings. The van der Waals surface area contributed by atoms with E-state index < -0.39 is 0 Å². The van der Waals surface area contributed by atoms with Gasteiger partial charge in [-0.2, -0.15) is 0 Å². The number of hydrogen-bond donors (Lipinski definition) is 1. The maximum Gasteiger partial charge on any atom is 0.293 e. The maximum atomic E-state index is 9.60. The third kappa shape index (κ3) is 3.87. The molecule has 2 unspecified atom stereocenters. The molecule has 1 aromatic carbocycles. The topological polar surface area (TPSA) is 58.6 Å². The molecule has 0 saturated carbocycles. The van der Waals surface area contributed by atoms with Gasteiger partial charge in [0.25, 0.3) is 6.47 Å². The lowest BCUT2D eigenvalue weighted by Crippen LogP contribution is -2.24. The molecule has 0 bridgehead atoms. The summed E-state index contributed by atoms with van der Waals surface area (Å²) in [7, 11) is 0. The van der Waals surface area contributed by atoms with E-state index in [0.717, 1.165) is 12.2 Å². The van der Waals surface area contributed by atoms with Crippen LogP contribution in [-0.2, 0) is 9.53 Å². The van der Waals surface area contributed by atoms with Crippen LogP contribution in [0.1, 0.15) is 20.8 Å². The normalized spacial score (nSPS) is 23.4. The summed E-state index contributed by atoms with van der Waals surface area (Å²) in [5, 5.41) is 0. The van der Waals surface area contributed by atoms with Crippen molar-refractivity contribution in [2.75, 3.05) is 30.3 Å². The Kier molecular flexibility index (Phi) is 4.18. The first-order valence-electron chi connectivity index (χ1n) is 6.88. The summed E-state index contributed by atoms with van der Waals surface area (Å²) in [6, 6.07) is 8.16. The van der Waals surface area contributed by atoms with Crippen LogP contribution in [0.3, 0.4) is 0 Å². The van der Waals surface area contributed by atoms with Gasteiger partial charge in [0.1, 0.15) is 5.60 Å². The third-order valence-electron chi connectivity index (χ3n) is 3.30. The van der Waals surface area contributed by atoms with Gasteiger partial charge < -0.3 is 15.4 Å². The number of carbonyl (C=O) groups is 1. The van der Waals surface area contributed by atoms with Crippen LogP contribution < -0.4 is 10.6 Å². The van der Waals surface area contributed by atoms with E-state index >= 15 is 0 Å². The molecule has 0 aliphatic carbocycles. The van der Waals surface area contributed by atoms with Crippen LogP contribution in [0.5, 0.6) is 0 Å². The van der Waals surface area contributed by atoms with E-state index in [0.29, 0.717) is 12.6 Å². The molecular weight excluding hydrogens is 254 g/mol. The van der Waals surface area contributed by atoms with Crippen molar-refractivity contribution in [1.82, 2.24) is 4.90 Å². The first kappa shape index (κ1) is 14.7. The van der Waals surface area contributed by atoms with Gasteiger partial charge in [-0.25, -0.2) is 0 Å². The lowest BCUT2D eigenvalue weighted by molar-refractivity contribution is -0.138. The largest absolute Gasteiger partial charge is 0.462 e. The second-order valence-corrected chi connectivity index (χ2v) is 6.09. The summed E-state index contributed by atoms with van der Waals surface area (Å²) < 4.78 is 4.55. The third-order valence-corrected chi connectivity index (χ3v) is 3.30. The summed E-state index contributed by atoms with van der Waals surface area (Å²) >= 11 is 0. The number of hydrogen-bond acceptors (Lipinski definition) is 5. The van der Waals surface area contributed by atoms with Gasteiger partial charge in [0.2, 0.25) is 0 Å². The van der Waals surface area contributed by atoms with E-state index in [9.17, 15) is 4.79 Å². The van der Waals surface area contributed by atoms with Crippen molar-refractivity contribution in [1.29, 1.82) is 0 Å². The number of nitrogen functional groups attached to an aromatic ring is 1. The Labute approximate surface area is 120 Å². The Bertz CT molecular complexity index is 453. The van der Waals surface area contributed by atoms with Crippen molar-refractivity contribution in [3.63, 3.8) is 0 Å². The molecule has 0 amide bonds. The number of nitrogens with two attached hydrogens (primary N) is 1. The van der Waals surface area contributed by atoms with Crippen molar-refractivity contribution < 1.29 is 9.53 Å². The molecule has 0 spiro atoms. The summed E-state index contributed by atoms with van der Waals surface area (Å²) in [6.07, 6.45) is 0.684. The van der Waals surface area contributed by atoms with E-state index in [1.807, 2.05) is 32.9 Å². The Hall–Kier alpha value is -1.75. The van der Waals surface area contributed by atoms with Crippen LogP contribution in [-0.4, -0.2) is 42.8 Å². The number of anilines is 2. The summed E-state index contributed by atoms with van der Waals surface area (Å²) in [6.45, 7) is 9.54. The molecule has 0 radical (unpaired) electrons. The van der Waals surface area contributed by atoms with Crippen LogP contribution in [0.2, 0.25) is 0 Å². The van der Waals surface area contributed by atoms with E-state index in [-0.39, 0.29) is 5.60 Å². The molecule has 2 atom stereocenters. The molecule has 20 heavy (non-hydrogen) atoms. The molecule has 2 N–H and O–H groups in total. The average molecular weight is 277 g/mol. The lowest BCUT2D eigenvalue weighted by atomic mass is 10.2. The fourth-order valence-electron chi connectivity index (χ4n) is 2.20. The number of ether oxygens (including phenoxy) is 1. The fraction of sp³-hybridized carbons (Fsp3) is 0.533. The SMILES string of the molecule is CC(C)(C)OC=O.Nc1ccc(N2CCN3CC32)cc1.